The molecule has 0 radical (unpaired) electrons. The van der Waals surface area contributed by atoms with E-state index < -0.39 is 32.7 Å². The molecule has 0 saturated heterocycles. The summed E-state index contributed by atoms with van der Waals surface area (Å²) in [6, 6.07) is 5.85. The molecule has 1 heterocycles. The van der Waals surface area contributed by atoms with Crippen molar-refractivity contribution < 1.29 is 35.1 Å². The molecule has 0 spiro atoms. The highest BCUT2D eigenvalue weighted by molar-refractivity contribution is 7.90. The smallest absolute Gasteiger partial charge is 0.406 e. The summed E-state index contributed by atoms with van der Waals surface area (Å²) in [5.74, 6) is -2.79. The molecule has 2 aromatic carbocycles. The third kappa shape index (κ3) is 4.59. The van der Waals surface area contributed by atoms with Crippen LogP contribution in [0.4, 0.5) is 22.0 Å². The van der Waals surface area contributed by atoms with E-state index in [9.17, 15) is 30.4 Å². The third-order valence-electron chi connectivity index (χ3n) is 4.05. The fourth-order valence-corrected chi connectivity index (χ4v) is 4.56. The van der Waals surface area contributed by atoms with Crippen LogP contribution in [0.1, 0.15) is 5.56 Å². The Kier molecular flexibility index (Phi) is 5.44. The fourth-order valence-electron chi connectivity index (χ4n) is 2.87. The standard InChI is InChI=1S/C19H13F5O3S2/c1-10-5-11(3-4-17(10)27-19(22,23)24)13-8-28-9-14(13)12-6-15(20)18(16(21)7-12)29(2,25)26/h3-9H,1-2H3. The first kappa shape index (κ1) is 21.3. The molecule has 0 bridgehead atoms. The summed E-state index contributed by atoms with van der Waals surface area (Å²) in [7, 11) is -4.09. The quantitative estimate of drug-likeness (QED) is 0.462. The van der Waals surface area contributed by atoms with E-state index in [0.29, 0.717) is 22.9 Å². The van der Waals surface area contributed by atoms with Gasteiger partial charge in [0.15, 0.2) is 9.84 Å². The van der Waals surface area contributed by atoms with E-state index >= 15 is 0 Å². The van der Waals surface area contributed by atoms with Crippen LogP contribution in [0, 0.1) is 18.6 Å². The van der Waals surface area contributed by atoms with Gasteiger partial charge in [-0.25, -0.2) is 17.2 Å². The molecule has 3 aromatic rings. The molecule has 0 aliphatic rings. The largest absolute Gasteiger partial charge is 0.573 e. The summed E-state index contributed by atoms with van der Waals surface area (Å²) in [5, 5.41) is 3.29. The maximum Gasteiger partial charge on any atom is 0.573 e. The van der Waals surface area contributed by atoms with Crippen LogP contribution in [0.3, 0.4) is 0 Å². The van der Waals surface area contributed by atoms with E-state index in [0.717, 1.165) is 18.2 Å². The van der Waals surface area contributed by atoms with Crippen LogP contribution in [0.25, 0.3) is 22.3 Å². The molecular weight excluding hydrogens is 435 g/mol. The van der Waals surface area contributed by atoms with Gasteiger partial charge in [0.2, 0.25) is 0 Å². The van der Waals surface area contributed by atoms with Gasteiger partial charge < -0.3 is 4.74 Å². The molecule has 0 unspecified atom stereocenters. The van der Waals surface area contributed by atoms with Gasteiger partial charge in [-0.2, -0.15) is 11.3 Å². The van der Waals surface area contributed by atoms with Crippen molar-refractivity contribution in [1.82, 2.24) is 0 Å². The molecule has 0 aliphatic carbocycles. The van der Waals surface area contributed by atoms with Gasteiger partial charge in [-0.3, -0.25) is 0 Å². The maximum atomic E-state index is 14.3. The van der Waals surface area contributed by atoms with Crippen LogP contribution in [0.2, 0.25) is 0 Å². The van der Waals surface area contributed by atoms with Crippen molar-refractivity contribution in [3.8, 4) is 28.0 Å². The second-order valence-corrected chi connectivity index (χ2v) is 8.96. The normalized spacial score (nSPS) is 12.2. The van der Waals surface area contributed by atoms with E-state index in [1.54, 1.807) is 10.8 Å². The Morgan fingerprint density at radius 3 is 1.97 bits per heavy atom. The lowest BCUT2D eigenvalue weighted by Gasteiger charge is -2.13. The van der Waals surface area contributed by atoms with Crippen LogP contribution in [-0.2, 0) is 9.84 Å². The number of halogens is 5. The lowest BCUT2D eigenvalue weighted by Crippen LogP contribution is -2.17. The van der Waals surface area contributed by atoms with Crippen molar-refractivity contribution in [2.45, 2.75) is 18.2 Å². The molecular formula is C19H13F5O3S2. The average molecular weight is 448 g/mol. The van der Waals surface area contributed by atoms with Crippen molar-refractivity contribution >= 4 is 21.2 Å². The Balaban J connectivity index is 2.06. The Bertz CT molecular complexity index is 1160. The van der Waals surface area contributed by atoms with Crippen molar-refractivity contribution in [3.05, 3.63) is 58.3 Å². The minimum Gasteiger partial charge on any atom is -0.406 e. The molecule has 154 valence electrons. The Morgan fingerprint density at radius 2 is 1.48 bits per heavy atom. The zero-order chi connectivity index (χ0) is 21.6. The molecule has 0 atom stereocenters. The maximum absolute atomic E-state index is 14.3. The number of hydrogen-bond acceptors (Lipinski definition) is 4. The number of alkyl halides is 3. The average Bonchev–Trinajstić information content (AvgIpc) is 3.03. The van der Waals surface area contributed by atoms with Gasteiger partial charge in [0, 0.05) is 17.4 Å². The highest BCUT2D eigenvalue weighted by Crippen LogP contribution is 2.39. The van der Waals surface area contributed by atoms with E-state index in [4.69, 9.17) is 0 Å². The third-order valence-corrected chi connectivity index (χ3v) is 5.93. The lowest BCUT2D eigenvalue weighted by molar-refractivity contribution is -0.274. The highest BCUT2D eigenvalue weighted by atomic mass is 32.2. The monoisotopic (exact) mass is 448 g/mol. The first-order chi connectivity index (χ1) is 13.4. The van der Waals surface area contributed by atoms with Gasteiger partial charge in [0.1, 0.15) is 22.3 Å². The summed E-state index contributed by atoms with van der Waals surface area (Å²) >= 11 is 1.22. The van der Waals surface area contributed by atoms with Gasteiger partial charge >= 0.3 is 6.36 Å². The molecule has 0 saturated carbocycles. The fraction of sp³-hybridized carbons (Fsp3) is 0.158. The van der Waals surface area contributed by atoms with Crippen LogP contribution in [-0.4, -0.2) is 21.0 Å². The lowest BCUT2D eigenvalue weighted by atomic mass is 9.97. The van der Waals surface area contributed by atoms with Crippen LogP contribution in [0.5, 0.6) is 5.75 Å². The van der Waals surface area contributed by atoms with Gasteiger partial charge in [-0.1, -0.05) is 6.07 Å². The zero-order valence-electron chi connectivity index (χ0n) is 15.0. The number of ether oxygens (including phenoxy) is 1. The molecule has 0 N–H and O–H groups in total. The van der Waals surface area contributed by atoms with Crippen molar-refractivity contribution in [2.75, 3.05) is 6.26 Å². The Morgan fingerprint density at radius 1 is 0.931 bits per heavy atom. The van der Waals surface area contributed by atoms with E-state index in [2.05, 4.69) is 4.74 Å². The number of aryl methyl sites for hydroxylation is 1. The molecule has 0 fully saturated rings. The summed E-state index contributed by atoms with van der Waals surface area (Å²) in [6.07, 6.45) is -4.12. The van der Waals surface area contributed by atoms with Crippen LogP contribution in [0.15, 0.2) is 46.0 Å². The minimum absolute atomic E-state index is 0.108. The van der Waals surface area contributed by atoms with Crippen LogP contribution < -0.4 is 4.74 Å². The van der Waals surface area contributed by atoms with Crippen molar-refractivity contribution in [1.29, 1.82) is 0 Å². The molecule has 29 heavy (non-hydrogen) atoms. The number of rotatable bonds is 4. The van der Waals surface area contributed by atoms with Crippen molar-refractivity contribution in [2.24, 2.45) is 0 Å². The SMILES string of the molecule is Cc1cc(-c2cscc2-c2cc(F)c(S(C)(=O)=O)c(F)c2)ccc1OC(F)(F)F. The summed E-state index contributed by atoms with van der Waals surface area (Å²) in [5.41, 5.74) is 1.79. The molecule has 10 heteroatoms. The van der Waals surface area contributed by atoms with E-state index in [1.165, 1.54) is 30.4 Å². The number of thiophene rings is 1. The van der Waals surface area contributed by atoms with Gasteiger partial charge in [-0.15, -0.1) is 13.2 Å². The molecule has 3 rings (SSSR count). The number of benzene rings is 2. The first-order valence-electron chi connectivity index (χ1n) is 7.99. The molecule has 3 nitrogen and oxygen atoms in total. The Hall–Kier alpha value is -2.46. The van der Waals surface area contributed by atoms with E-state index in [1.807, 2.05) is 0 Å². The zero-order valence-corrected chi connectivity index (χ0v) is 16.6. The number of hydrogen-bond donors (Lipinski definition) is 0. The molecule has 0 aliphatic heterocycles. The van der Waals surface area contributed by atoms with Crippen LogP contribution >= 0.6 is 11.3 Å². The topological polar surface area (TPSA) is 43.4 Å². The predicted octanol–water partition coefficient (Wildman–Crippen LogP) is 5.97. The molecule has 1 aromatic heterocycles. The Labute approximate surface area is 167 Å². The minimum atomic E-state index is -4.82. The highest BCUT2D eigenvalue weighted by Gasteiger charge is 2.31. The second kappa shape index (κ2) is 7.42. The van der Waals surface area contributed by atoms with Crippen molar-refractivity contribution in [3.63, 3.8) is 0 Å². The van der Waals surface area contributed by atoms with E-state index in [-0.39, 0.29) is 16.9 Å². The summed E-state index contributed by atoms with van der Waals surface area (Å²) in [6.45, 7) is 1.44. The predicted molar refractivity (Wildman–Crippen MR) is 99.6 cm³/mol. The summed E-state index contributed by atoms with van der Waals surface area (Å²) < 4.78 is 92.9. The number of sulfone groups is 1. The molecule has 0 amide bonds. The van der Waals surface area contributed by atoms with Gasteiger partial charge in [-0.05, 0) is 58.6 Å². The second-order valence-electron chi connectivity index (χ2n) is 6.27. The van der Waals surface area contributed by atoms with Gasteiger partial charge in [0.25, 0.3) is 0 Å². The first-order valence-corrected chi connectivity index (χ1v) is 10.8. The summed E-state index contributed by atoms with van der Waals surface area (Å²) in [4.78, 5) is -1.01. The van der Waals surface area contributed by atoms with Gasteiger partial charge in [0.05, 0.1) is 0 Å².